The van der Waals surface area contributed by atoms with Crippen molar-refractivity contribution in [1.82, 2.24) is 9.78 Å². The lowest BCUT2D eigenvalue weighted by Crippen LogP contribution is -2.21. The third kappa shape index (κ3) is 5.84. The van der Waals surface area contributed by atoms with Gasteiger partial charge in [-0.25, -0.2) is 14.3 Å². The van der Waals surface area contributed by atoms with Crippen LogP contribution in [-0.4, -0.2) is 55.6 Å². The number of para-hydroxylation sites is 2. The van der Waals surface area contributed by atoms with E-state index < -0.39 is 11.9 Å². The summed E-state index contributed by atoms with van der Waals surface area (Å²) in [6.07, 6.45) is 0. The molecular formula is C29H26BrN3O7. The molecule has 0 aliphatic carbocycles. The number of hydrogen-bond acceptors (Lipinski definition) is 8. The number of amides is 1. The fourth-order valence-electron chi connectivity index (χ4n) is 3.99. The Hall–Kier alpha value is -4.64. The standard InChI is InChI=1S/C29H26BrN3O7/c1-17-10-8-9-13-21(17)31-23(34)16-40-27-20(30)14-18(15-22(27)37-2)25-24(28(35)38-3)26(29(36)39-4)33(32-25)19-11-6-5-7-12-19/h5-15H,16H2,1-4H3,(H,31,34). The monoisotopic (exact) mass is 607 g/mol. The maximum absolute atomic E-state index is 13.0. The van der Waals surface area contributed by atoms with Crippen LogP contribution in [0.1, 0.15) is 26.4 Å². The van der Waals surface area contributed by atoms with Crippen molar-refractivity contribution in [2.45, 2.75) is 6.92 Å². The van der Waals surface area contributed by atoms with E-state index in [2.05, 4.69) is 26.3 Å². The molecule has 1 N–H and O–H groups in total. The van der Waals surface area contributed by atoms with Crippen LogP contribution in [0.25, 0.3) is 16.9 Å². The summed E-state index contributed by atoms with van der Waals surface area (Å²) in [6.45, 7) is 1.60. The minimum Gasteiger partial charge on any atom is -0.493 e. The largest absolute Gasteiger partial charge is 0.493 e. The Morgan fingerprint density at radius 2 is 1.60 bits per heavy atom. The number of nitrogens with one attached hydrogen (secondary N) is 1. The summed E-state index contributed by atoms with van der Waals surface area (Å²) in [6, 6.07) is 19.5. The number of aromatic nitrogens is 2. The number of carbonyl (C=O) groups excluding carboxylic acids is 3. The highest BCUT2D eigenvalue weighted by Crippen LogP contribution is 2.41. The summed E-state index contributed by atoms with van der Waals surface area (Å²) in [4.78, 5) is 38.4. The molecule has 1 amide bonds. The third-order valence-corrected chi connectivity index (χ3v) is 6.51. The molecule has 4 aromatic rings. The van der Waals surface area contributed by atoms with Crippen LogP contribution in [0, 0.1) is 6.92 Å². The second kappa shape index (κ2) is 12.5. The van der Waals surface area contributed by atoms with Crippen LogP contribution < -0.4 is 14.8 Å². The molecule has 0 saturated carbocycles. The highest BCUT2D eigenvalue weighted by atomic mass is 79.9. The zero-order chi connectivity index (χ0) is 28.8. The van der Waals surface area contributed by atoms with Crippen molar-refractivity contribution in [2.24, 2.45) is 0 Å². The Morgan fingerprint density at radius 1 is 0.925 bits per heavy atom. The van der Waals surface area contributed by atoms with Crippen molar-refractivity contribution in [3.63, 3.8) is 0 Å². The van der Waals surface area contributed by atoms with Crippen LogP contribution in [0.3, 0.4) is 0 Å². The predicted octanol–water partition coefficient (Wildman–Crippen LogP) is 5.21. The second-order valence-corrected chi connectivity index (χ2v) is 9.30. The molecule has 11 heteroatoms. The first-order valence-electron chi connectivity index (χ1n) is 12.0. The van der Waals surface area contributed by atoms with E-state index in [0.717, 1.165) is 5.56 Å². The van der Waals surface area contributed by atoms with Crippen molar-refractivity contribution in [3.8, 4) is 28.4 Å². The fraction of sp³-hybridized carbons (Fsp3) is 0.172. The van der Waals surface area contributed by atoms with Crippen LogP contribution in [-0.2, 0) is 14.3 Å². The number of anilines is 1. The van der Waals surface area contributed by atoms with Gasteiger partial charge in [-0.3, -0.25) is 4.79 Å². The lowest BCUT2D eigenvalue weighted by molar-refractivity contribution is -0.118. The van der Waals surface area contributed by atoms with Gasteiger partial charge in [0.1, 0.15) is 11.3 Å². The topological polar surface area (TPSA) is 118 Å². The van der Waals surface area contributed by atoms with E-state index in [0.29, 0.717) is 21.4 Å². The van der Waals surface area contributed by atoms with Gasteiger partial charge in [0.05, 0.1) is 31.5 Å². The molecule has 0 aliphatic heterocycles. The number of esters is 2. The average molecular weight is 608 g/mol. The van der Waals surface area contributed by atoms with Gasteiger partial charge in [0, 0.05) is 11.3 Å². The zero-order valence-electron chi connectivity index (χ0n) is 22.2. The van der Waals surface area contributed by atoms with Crippen LogP contribution in [0.4, 0.5) is 5.69 Å². The van der Waals surface area contributed by atoms with Crippen molar-refractivity contribution < 1.29 is 33.3 Å². The first kappa shape index (κ1) is 28.4. The van der Waals surface area contributed by atoms with E-state index in [-0.39, 0.29) is 41.0 Å². The van der Waals surface area contributed by atoms with Crippen LogP contribution in [0.5, 0.6) is 11.5 Å². The van der Waals surface area contributed by atoms with E-state index in [9.17, 15) is 14.4 Å². The van der Waals surface area contributed by atoms with Crippen molar-refractivity contribution in [1.29, 1.82) is 0 Å². The number of benzene rings is 3. The summed E-state index contributed by atoms with van der Waals surface area (Å²) in [7, 11) is 3.87. The molecule has 206 valence electrons. The zero-order valence-corrected chi connectivity index (χ0v) is 23.8. The minimum atomic E-state index is -0.777. The summed E-state index contributed by atoms with van der Waals surface area (Å²) in [5.41, 5.74) is 2.52. The van der Waals surface area contributed by atoms with Gasteiger partial charge in [-0.2, -0.15) is 5.10 Å². The number of aryl methyl sites for hydroxylation is 1. The Balaban J connectivity index is 1.74. The molecule has 1 aromatic heterocycles. The summed E-state index contributed by atoms with van der Waals surface area (Å²) in [5.74, 6) is -1.38. The van der Waals surface area contributed by atoms with Gasteiger partial charge in [0.15, 0.2) is 23.8 Å². The molecule has 0 atom stereocenters. The number of nitrogens with zero attached hydrogens (tertiary/aromatic N) is 2. The minimum absolute atomic E-state index is 0.0848. The first-order valence-corrected chi connectivity index (χ1v) is 12.8. The molecule has 0 saturated heterocycles. The third-order valence-electron chi connectivity index (χ3n) is 5.92. The maximum Gasteiger partial charge on any atom is 0.357 e. The van der Waals surface area contributed by atoms with Gasteiger partial charge in [-0.05, 0) is 58.7 Å². The van der Waals surface area contributed by atoms with E-state index in [4.69, 9.17) is 18.9 Å². The molecule has 0 radical (unpaired) electrons. The van der Waals surface area contributed by atoms with Crippen molar-refractivity contribution in [2.75, 3.05) is 33.3 Å². The molecule has 0 aliphatic rings. The Kier molecular flexibility index (Phi) is 8.85. The lowest BCUT2D eigenvalue weighted by atomic mass is 10.0. The van der Waals surface area contributed by atoms with Crippen molar-refractivity contribution in [3.05, 3.63) is 88.0 Å². The van der Waals surface area contributed by atoms with Crippen molar-refractivity contribution >= 4 is 39.5 Å². The van der Waals surface area contributed by atoms with Crippen LogP contribution >= 0.6 is 15.9 Å². The van der Waals surface area contributed by atoms with Gasteiger partial charge < -0.3 is 24.3 Å². The Labute approximate surface area is 238 Å². The van der Waals surface area contributed by atoms with Crippen LogP contribution in [0.15, 0.2) is 71.2 Å². The number of rotatable bonds is 9. The number of halogens is 1. The van der Waals surface area contributed by atoms with E-state index in [1.807, 2.05) is 31.2 Å². The molecule has 40 heavy (non-hydrogen) atoms. The molecule has 1 heterocycles. The Bertz CT molecular complexity index is 1570. The lowest BCUT2D eigenvalue weighted by Gasteiger charge is -2.15. The molecule has 0 bridgehead atoms. The van der Waals surface area contributed by atoms with Gasteiger partial charge >= 0.3 is 11.9 Å². The summed E-state index contributed by atoms with van der Waals surface area (Å²) >= 11 is 3.48. The highest BCUT2D eigenvalue weighted by Gasteiger charge is 2.32. The maximum atomic E-state index is 13.0. The van der Waals surface area contributed by atoms with Gasteiger partial charge in [-0.1, -0.05) is 36.4 Å². The van der Waals surface area contributed by atoms with Gasteiger partial charge in [0.2, 0.25) is 0 Å². The van der Waals surface area contributed by atoms with Gasteiger partial charge in [-0.15, -0.1) is 0 Å². The molecule has 0 unspecified atom stereocenters. The fourth-order valence-corrected chi connectivity index (χ4v) is 4.55. The normalized spacial score (nSPS) is 10.5. The van der Waals surface area contributed by atoms with E-state index in [1.54, 1.807) is 42.5 Å². The first-order chi connectivity index (χ1) is 19.3. The van der Waals surface area contributed by atoms with E-state index in [1.165, 1.54) is 26.0 Å². The molecule has 0 fully saturated rings. The Morgan fingerprint density at radius 3 is 2.25 bits per heavy atom. The number of methoxy groups -OCH3 is 3. The average Bonchev–Trinajstić information content (AvgIpc) is 3.37. The summed E-state index contributed by atoms with van der Waals surface area (Å²) < 4.78 is 23.1. The van der Waals surface area contributed by atoms with Crippen LogP contribution in [0.2, 0.25) is 0 Å². The molecular weight excluding hydrogens is 582 g/mol. The predicted molar refractivity (Wildman–Crippen MR) is 151 cm³/mol. The molecule has 10 nitrogen and oxygen atoms in total. The number of hydrogen-bond donors (Lipinski definition) is 1. The smallest absolute Gasteiger partial charge is 0.357 e. The highest BCUT2D eigenvalue weighted by molar-refractivity contribution is 9.10. The SMILES string of the molecule is COC(=O)c1c(-c2cc(Br)c(OCC(=O)Nc3ccccc3C)c(OC)c2)nn(-c2ccccc2)c1C(=O)OC. The number of carbonyl (C=O) groups is 3. The molecule has 4 rings (SSSR count). The molecule has 0 spiro atoms. The summed E-state index contributed by atoms with van der Waals surface area (Å²) in [5, 5.41) is 7.41. The quantitative estimate of drug-likeness (QED) is 0.258. The second-order valence-electron chi connectivity index (χ2n) is 8.44. The molecule has 3 aromatic carbocycles. The van der Waals surface area contributed by atoms with E-state index >= 15 is 0 Å². The van der Waals surface area contributed by atoms with Gasteiger partial charge in [0.25, 0.3) is 5.91 Å². The number of ether oxygens (including phenoxy) is 4.